The van der Waals surface area contributed by atoms with Crippen LogP contribution in [-0.4, -0.2) is 37.6 Å². The van der Waals surface area contributed by atoms with Gasteiger partial charge in [0.05, 0.1) is 0 Å². The Morgan fingerprint density at radius 2 is 1.56 bits per heavy atom. The van der Waals surface area contributed by atoms with Crippen LogP contribution in [0, 0.1) is 11.8 Å². The molecule has 0 fully saturated rings. The molecule has 2 heteroatoms. The highest BCUT2D eigenvalue weighted by molar-refractivity contribution is 4.75. The number of rotatable bonds is 10. The molecule has 0 aromatic rings. The van der Waals surface area contributed by atoms with Crippen molar-refractivity contribution < 1.29 is 0 Å². The van der Waals surface area contributed by atoms with E-state index in [1.54, 1.807) is 0 Å². The molecule has 0 aliphatic heterocycles. The lowest BCUT2D eigenvalue weighted by molar-refractivity contribution is 0.234. The summed E-state index contributed by atoms with van der Waals surface area (Å²) in [6, 6.07) is 1.35. The van der Waals surface area contributed by atoms with Gasteiger partial charge in [-0.3, -0.25) is 0 Å². The maximum atomic E-state index is 3.78. The van der Waals surface area contributed by atoms with Gasteiger partial charge in [0.15, 0.2) is 0 Å². The van der Waals surface area contributed by atoms with E-state index in [1.807, 2.05) is 0 Å². The average molecular weight is 256 g/mol. The van der Waals surface area contributed by atoms with Crippen molar-refractivity contribution in [3.63, 3.8) is 0 Å². The minimum Gasteiger partial charge on any atom is -0.312 e. The van der Waals surface area contributed by atoms with Crippen LogP contribution < -0.4 is 5.32 Å². The molecule has 0 spiro atoms. The van der Waals surface area contributed by atoms with E-state index in [2.05, 4.69) is 58.9 Å². The molecule has 0 aliphatic rings. The molecule has 0 saturated heterocycles. The average Bonchev–Trinajstić information content (AvgIpc) is 2.31. The fourth-order valence-electron chi connectivity index (χ4n) is 2.37. The van der Waals surface area contributed by atoms with Gasteiger partial charge in [0.1, 0.15) is 0 Å². The number of hydrogen-bond donors (Lipinski definition) is 1. The van der Waals surface area contributed by atoms with Crippen LogP contribution >= 0.6 is 0 Å². The van der Waals surface area contributed by atoms with Crippen LogP contribution in [0.15, 0.2) is 0 Å². The highest BCUT2D eigenvalue weighted by Gasteiger charge is 2.16. The molecule has 2 nitrogen and oxygen atoms in total. The van der Waals surface area contributed by atoms with Crippen LogP contribution in [0.5, 0.6) is 0 Å². The molecule has 1 N–H and O–H groups in total. The number of nitrogens with one attached hydrogen (secondary N) is 1. The van der Waals surface area contributed by atoms with Crippen molar-refractivity contribution in [2.75, 3.05) is 20.6 Å². The second-order valence-electron chi connectivity index (χ2n) is 6.51. The molecule has 0 rings (SSSR count). The maximum absolute atomic E-state index is 3.78. The second kappa shape index (κ2) is 9.80. The van der Waals surface area contributed by atoms with Gasteiger partial charge >= 0.3 is 0 Å². The van der Waals surface area contributed by atoms with E-state index in [9.17, 15) is 0 Å². The SMILES string of the molecule is CCC(C)CC(CC)NCC(CC(C)C)N(C)C. The summed E-state index contributed by atoms with van der Waals surface area (Å²) in [5, 5.41) is 3.78. The van der Waals surface area contributed by atoms with Gasteiger partial charge in [0.2, 0.25) is 0 Å². The first-order valence-electron chi connectivity index (χ1n) is 7.80. The van der Waals surface area contributed by atoms with Gasteiger partial charge in [-0.15, -0.1) is 0 Å². The van der Waals surface area contributed by atoms with Gasteiger partial charge in [-0.1, -0.05) is 41.0 Å². The number of hydrogen-bond acceptors (Lipinski definition) is 2. The Hall–Kier alpha value is -0.0800. The first-order chi connectivity index (χ1) is 8.40. The monoisotopic (exact) mass is 256 g/mol. The van der Waals surface area contributed by atoms with E-state index in [1.165, 1.54) is 25.7 Å². The van der Waals surface area contributed by atoms with E-state index < -0.39 is 0 Å². The van der Waals surface area contributed by atoms with Crippen molar-refractivity contribution in [1.82, 2.24) is 10.2 Å². The smallest absolute Gasteiger partial charge is 0.0217 e. The van der Waals surface area contributed by atoms with E-state index in [0.29, 0.717) is 12.1 Å². The molecule has 0 aromatic carbocycles. The molecule has 3 unspecified atom stereocenters. The Morgan fingerprint density at radius 3 is 1.94 bits per heavy atom. The molecule has 3 atom stereocenters. The first-order valence-corrected chi connectivity index (χ1v) is 7.80. The summed E-state index contributed by atoms with van der Waals surface area (Å²) in [6.45, 7) is 12.7. The molecule has 110 valence electrons. The van der Waals surface area contributed by atoms with Crippen molar-refractivity contribution >= 4 is 0 Å². The van der Waals surface area contributed by atoms with Gasteiger partial charge in [-0.2, -0.15) is 0 Å². The summed E-state index contributed by atoms with van der Waals surface area (Å²) in [7, 11) is 4.40. The Bertz CT molecular complexity index is 190. The van der Waals surface area contributed by atoms with Crippen molar-refractivity contribution in [1.29, 1.82) is 0 Å². The second-order valence-corrected chi connectivity index (χ2v) is 6.51. The van der Waals surface area contributed by atoms with Crippen molar-refractivity contribution in [2.45, 2.75) is 72.4 Å². The van der Waals surface area contributed by atoms with E-state index in [-0.39, 0.29) is 0 Å². The lowest BCUT2D eigenvalue weighted by Crippen LogP contribution is -2.43. The lowest BCUT2D eigenvalue weighted by atomic mass is 9.97. The molecule has 0 heterocycles. The van der Waals surface area contributed by atoms with Crippen molar-refractivity contribution in [3.8, 4) is 0 Å². The molecule has 0 saturated carbocycles. The number of likely N-dealkylation sites (N-methyl/N-ethyl adjacent to an activating group) is 1. The molecule has 0 radical (unpaired) electrons. The molecule has 0 amide bonds. The largest absolute Gasteiger partial charge is 0.312 e. The van der Waals surface area contributed by atoms with Crippen LogP contribution in [-0.2, 0) is 0 Å². The minimum absolute atomic E-state index is 0.663. The summed E-state index contributed by atoms with van der Waals surface area (Å²) >= 11 is 0. The minimum atomic E-state index is 0.663. The fourth-order valence-corrected chi connectivity index (χ4v) is 2.37. The Kier molecular flexibility index (Phi) is 9.76. The summed E-state index contributed by atoms with van der Waals surface area (Å²) < 4.78 is 0. The zero-order chi connectivity index (χ0) is 14.1. The van der Waals surface area contributed by atoms with Gasteiger partial charge in [0.25, 0.3) is 0 Å². The lowest BCUT2D eigenvalue weighted by Gasteiger charge is -2.29. The summed E-state index contributed by atoms with van der Waals surface area (Å²) in [5.41, 5.74) is 0. The third kappa shape index (κ3) is 8.10. The molecule has 0 aromatic heterocycles. The van der Waals surface area contributed by atoms with Crippen LogP contribution in [0.4, 0.5) is 0 Å². The highest BCUT2D eigenvalue weighted by atomic mass is 15.1. The van der Waals surface area contributed by atoms with Crippen LogP contribution in [0.3, 0.4) is 0 Å². The van der Waals surface area contributed by atoms with Crippen molar-refractivity contribution in [3.05, 3.63) is 0 Å². The van der Waals surface area contributed by atoms with Crippen LogP contribution in [0.2, 0.25) is 0 Å². The van der Waals surface area contributed by atoms with E-state index in [4.69, 9.17) is 0 Å². The first kappa shape index (κ1) is 17.9. The quantitative estimate of drug-likeness (QED) is 0.640. The van der Waals surface area contributed by atoms with Crippen molar-refractivity contribution in [2.24, 2.45) is 11.8 Å². The molecule has 0 aliphatic carbocycles. The molecular formula is C16H36N2. The topological polar surface area (TPSA) is 15.3 Å². The Balaban J connectivity index is 4.13. The van der Waals surface area contributed by atoms with Crippen LogP contribution in [0.25, 0.3) is 0 Å². The molecule has 18 heavy (non-hydrogen) atoms. The van der Waals surface area contributed by atoms with Gasteiger partial charge < -0.3 is 10.2 Å². The van der Waals surface area contributed by atoms with Gasteiger partial charge in [-0.25, -0.2) is 0 Å². The summed E-state index contributed by atoms with van der Waals surface area (Å²) in [4.78, 5) is 2.36. The zero-order valence-electron chi connectivity index (χ0n) is 13.8. The summed E-state index contributed by atoms with van der Waals surface area (Å²) in [6.07, 6.45) is 5.13. The third-order valence-corrected chi connectivity index (χ3v) is 3.99. The normalized spacial score (nSPS) is 17.2. The Labute approximate surface area is 116 Å². The fraction of sp³-hybridized carbons (Fsp3) is 1.00. The van der Waals surface area contributed by atoms with E-state index in [0.717, 1.165) is 18.4 Å². The van der Waals surface area contributed by atoms with Crippen LogP contribution in [0.1, 0.15) is 60.3 Å². The summed E-state index contributed by atoms with van der Waals surface area (Å²) in [5.74, 6) is 1.61. The predicted molar refractivity (Wildman–Crippen MR) is 83.1 cm³/mol. The highest BCUT2D eigenvalue weighted by Crippen LogP contribution is 2.13. The molecular weight excluding hydrogens is 220 g/mol. The van der Waals surface area contributed by atoms with Gasteiger partial charge in [-0.05, 0) is 45.2 Å². The van der Waals surface area contributed by atoms with E-state index >= 15 is 0 Å². The third-order valence-electron chi connectivity index (χ3n) is 3.99. The predicted octanol–water partition coefficient (Wildman–Crippen LogP) is 3.77. The number of nitrogens with zero attached hydrogens (tertiary/aromatic N) is 1. The Morgan fingerprint density at radius 1 is 0.944 bits per heavy atom. The molecule has 0 bridgehead atoms. The maximum Gasteiger partial charge on any atom is 0.0217 e. The standard InChI is InChI=1S/C16H36N2/c1-8-14(5)11-15(9-2)17-12-16(18(6)7)10-13(3)4/h13-17H,8-12H2,1-7H3. The van der Waals surface area contributed by atoms with Gasteiger partial charge in [0, 0.05) is 18.6 Å². The zero-order valence-corrected chi connectivity index (χ0v) is 13.8.